The maximum atomic E-state index is 5.77. The van der Waals surface area contributed by atoms with Crippen molar-refractivity contribution in [1.82, 2.24) is 4.90 Å². The summed E-state index contributed by atoms with van der Waals surface area (Å²) in [6.45, 7) is 4.83. The Morgan fingerprint density at radius 2 is 1.91 bits per heavy atom. The highest BCUT2D eigenvalue weighted by Gasteiger charge is 2.37. The van der Waals surface area contributed by atoms with Crippen LogP contribution in [0.3, 0.4) is 0 Å². The zero-order valence-electron chi connectivity index (χ0n) is 7.18. The van der Waals surface area contributed by atoms with Gasteiger partial charge in [0.25, 0.3) is 0 Å². The molecule has 1 saturated carbocycles. The molecule has 0 radical (unpaired) electrons. The van der Waals surface area contributed by atoms with Crippen LogP contribution in [0.25, 0.3) is 0 Å². The molecule has 0 atom stereocenters. The van der Waals surface area contributed by atoms with Crippen LogP contribution >= 0.6 is 0 Å². The van der Waals surface area contributed by atoms with Crippen LogP contribution in [0.4, 0.5) is 0 Å². The van der Waals surface area contributed by atoms with Crippen LogP contribution in [-0.2, 0) is 0 Å². The number of likely N-dealkylation sites (tertiary alicyclic amines) is 1. The predicted octanol–water partition coefficient (Wildman–Crippen LogP) is 0.821. The van der Waals surface area contributed by atoms with Crippen molar-refractivity contribution in [2.45, 2.75) is 25.7 Å². The second-order valence-corrected chi connectivity index (χ2v) is 4.19. The topological polar surface area (TPSA) is 29.3 Å². The molecule has 1 saturated heterocycles. The Hall–Kier alpha value is -0.0800. The Morgan fingerprint density at radius 3 is 2.18 bits per heavy atom. The van der Waals surface area contributed by atoms with Gasteiger partial charge < -0.3 is 10.6 Å². The Bertz CT molecular complexity index is 131. The fraction of sp³-hybridized carbons (Fsp3) is 1.00. The second-order valence-electron chi connectivity index (χ2n) is 4.19. The minimum absolute atomic E-state index is 0.542. The van der Waals surface area contributed by atoms with E-state index in [0.29, 0.717) is 5.41 Å². The minimum atomic E-state index is 0.542. The summed E-state index contributed by atoms with van der Waals surface area (Å²) in [7, 11) is 0. The van der Waals surface area contributed by atoms with E-state index in [1.807, 2.05) is 0 Å². The lowest BCUT2D eigenvalue weighted by molar-refractivity contribution is 0.0441. The molecular weight excluding hydrogens is 136 g/mol. The average molecular weight is 154 g/mol. The number of nitrogens with zero attached hydrogens (tertiary/aromatic N) is 1. The average Bonchev–Trinajstić information content (AvgIpc) is 1.83. The van der Waals surface area contributed by atoms with Gasteiger partial charge in [-0.15, -0.1) is 0 Å². The molecule has 64 valence electrons. The van der Waals surface area contributed by atoms with E-state index in [9.17, 15) is 0 Å². The molecule has 2 aliphatic rings. The zero-order valence-corrected chi connectivity index (χ0v) is 7.18. The van der Waals surface area contributed by atoms with E-state index in [1.165, 1.54) is 45.3 Å². The fourth-order valence-corrected chi connectivity index (χ4v) is 2.12. The molecule has 0 aromatic carbocycles. The molecule has 2 fully saturated rings. The molecule has 2 heteroatoms. The highest BCUT2D eigenvalue weighted by Crippen LogP contribution is 2.41. The smallest absolute Gasteiger partial charge is 0.00501 e. The molecule has 2 N–H and O–H groups in total. The molecule has 1 heterocycles. The third-order valence-corrected chi connectivity index (χ3v) is 3.35. The van der Waals surface area contributed by atoms with Gasteiger partial charge in [0.1, 0.15) is 0 Å². The van der Waals surface area contributed by atoms with E-state index < -0.39 is 0 Å². The molecule has 2 nitrogen and oxygen atoms in total. The summed E-state index contributed by atoms with van der Waals surface area (Å²) >= 11 is 0. The molecule has 0 aromatic rings. The standard InChI is InChI=1S/C9H18N2/c10-7-9(3-1-4-9)8-11-5-2-6-11/h1-8,10H2. The van der Waals surface area contributed by atoms with Crippen molar-refractivity contribution in [3.05, 3.63) is 0 Å². The fourth-order valence-electron chi connectivity index (χ4n) is 2.12. The first-order valence-electron chi connectivity index (χ1n) is 4.77. The summed E-state index contributed by atoms with van der Waals surface area (Å²) in [5.74, 6) is 0. The second kappa shape index (κ2) is 2.76. The largest absolute Gasteiger partial charge is 0.330 e. The third kappa shape index (κ3) is 1.30. The van der Waals surface area contributed by atoms with Crippen molar-refractivity contribution >= 4 is 0 Å². The summed E-state index contributed by atoms with van der Waals surface area (Å²) in [4.78, 5) is 2.55. The van der Waals surface area contributed by atoms with Gasteiger partial charge in [-0.2, -0.15) is 0 Å². The maximum absolute atomic E-state index is 5.77. The van der Waals surface area contributed by atoms with Crippen LogP contribution in [-0.4, -0.2) is 31.1 Å². The summed E-state index contributed by atoms with van der Waals surface area (Å²) in [6, 6.07) is 0. The number of hydrogen-bond acceptors (Lipinski definition) is 2. The van der Waals surface area contributed by atoms with Crippen molar-refractivity contribution in [3.63, 3.8) is 0 Å². The van der Waals surface area contributed by atoms with Gasteiger partial charge in [-0.3, -0.25) is 0 Å². The number of hydrogen-bond donors (Lipinski definition) is 1. The molecule has 1 aliphatic carbocycles. The van der Waals surface area contributed by atoms with Crippen LogP contribution in [0, 0.1) is 5.41 Å². The van der Waals surface area contributed by atoms with Gasteiger partial charge in [0.2, 0.25) is 0 Å². The van der Waals surface area contributed by atoms with E-state index >= 15 is 0 Å². The van der Waals surface area contributed by atoms with E-state index in [0.717, 1.165) is 6.54 Å². The molecule has 0 spiro atoms. The van der Waals surface area contributed by atoms with Crippen LogP contribution in [0.1, 0.15) is 25.7 Å². The monoisotopic (exact) mass is 154 g/mol. The quantitative estimate of drug-likeness (QED) is 0.652. The third-order valence-electron chi connectivity index (χ3n) is 3.35. The Balaban J connectivity index is 1.81. The van der Waals surface area contributed by atoms with Crippen molar-refractivity contribution in [2.75, 3.05) is 26.2 Å². The first kappa shape index (κ1) is 7.56. The van der Waals surface area contributed by atoms with Crippen LogP contribution in [0.5, 0.6) is 0 Å². The van der Waals surface area contributed by atoms with E-state index in [4.69, 9.17) is 5.73 Å². The first-order valence-corrected chi connectivity index (χ1v) is 4.77. The maximum Gasteiger partial charge on any atom is 0.00501 e. The van der Waals surface area contributed by atoms with Crippen LogP contribution in [0.2, 0.25) is 0 Å². The summed E-state index contributed by atoms with van der Waals surface area (Å²) < 4.78 is 0. The molecule has 2 rings (SSSR count). The van der Waals surface area contributed by atoms with Crippen molar-refractivity contribution in [2.24, 2.45) is 11.1 Å². The van der Waals surface area contributed by atoms with Gasteiger partial charge in [0.05, 0.1) is 0 Å². The normalized spacial score (nSPS) is 29.2. The van der Waals surface area contributed by atoms with E-state index in [-0.39, 0.29) is 0 Å². The highest BCUT2D eigenvalue weighted by molar-refractivity contribution is 4.92. The predicted molar refractivity (Wildman–Crippen MR) is 46.4 cm³/mol. The lowest BCUT2D eigenvalue weighted by atomic mass is 9.68. The summed E-state index contributed by atoms with van der Waals surface area (Å²) in [5, 5.41) is 0. The molecule has 11 heavy (non-hydrogen) atoms. The first-order chi connectivity index (χ1) is 5.35. The summed E-state index contributed by atoms with van der Waals surface area (Å²) in [6.07, 6.45) is 5.56. The van der Waals surface area contributed by atoms with Crippen LogP contribution in [0.15, 0.2) is 0 Å². The highest BCUT2D eigenvalue weighted by atomic mass is 15.2. The van der Waals surface area contributed by atoms with Gasteiger partial charge in [-0.05, 0) is 44.3 Å². The SMILES string of the molecule is NCC1(CN2CCC2)CCC1. The lowest BCUT2D eigenvalue weighted by Crippen LogP contribution is -2.51. The molecule has 1 aliphatic heterocycles. The van der Waals surface area contributed by atoms with Crippen LogP contribution < -0.4 is 5.73 Å². The zero-order chi connectivity index (χ0) is 7.73. The van der Waals surface area contributed by atoms with Crippen molar-refractivity contribution in [3.8, 4) is 0 Å². The van der Waals surface area contributed by atoms with E-state index in [2.05, 4.69) is 4.90 Å². The van der Waals surface area contributed by atoms with E-state index in [1.54, 1.807) is 0 Å². The van der Waals surface area contributed by atoms with Crippen molar-refractivity contribution in [1.29, 1.82) is 0 Å². The number of nitrogens with two attached hydrogens (primary N) is 1. The van der Waals surface area contributed by atoms with Gasteiger partial charge in [-0.25, -0.2) is 0 Å². The summed E-state index contributed by atoms with van der Waals surface area (Å²) in [5.41, 5.74) is 6.31. The Kier molecular flexibility index (Phi) is 1.90. The van der Waals surface area contributed by atoms with Crippen molar-refractivity contribution < 1.29 is 0 Å². The van der Waals surface area contributed by atoms with Gasteiger partial charge in [0, 0.05) is 6.54 Å². The Morgan fingerprint density at radius 1 is 1.18 bits per heavy atom. The molecule has 0 unspecified atom stereocenters. The lowest BCUT2D eigenvalue weighted by Gasteiger charge is -2.46. The molecule has 0 aromatic heterocycles. The molecule has 0 amide bonds. The molecule has 0 bridgehead atoms. The molecular formula is C9H18N2. The van der Waals surface area contributed by atoms with Gasteiger partial charge >= 0.3 is 0 Å². The Labute approximate surface area is 68.7 Å². The van der Waals surface area contributed by atoms with Gasteiger partial charge in [-0.1, -0.05) is 6.42 Å². The number of rotatable bonds is 3. The van der Waals surface area contributed by atoms with Gasteiger partial charge in [0.15, 0.2) is 0 Å². The minimum Gasteiger partial charge on any atom is -0.330 e.